The van der Waals surface area contributed by atoms with Crippen LogP contribution in [-0.4, -0.2) is 15.7 Å². The number of furan rings is 1. The molecule has 0 aliphatic carbocycles. The summed E-state index contributed by atoms with van der Waals surface area (Å²) in [5, 5.41) is 14.9. The lowest BCUT2D eigenvalue weighted by atomic mass is 10.4. The highest BCUT2D eigenvalue weighted by Crippen LogP contribution is 2.21. The number of carbonyl (C=O) groups excluding carboxylic acids is 1. The van der Waals surface area contributed by atoms with Crippen LogP contribution in [0.3, 0.4) is 0 Å². The van der Waals surface area contributed by atoms with E-state index in [0.29, 0.717) is 12.3 Å². The molecule has 0 aliphatic heterocycles. The Morgan fingerprint density at radius 3 is 2.71 bits per heavy atom. The van der Waals surface area contributed by atoms with Crippen molar-refractivity contribution in [2.45, 2.75) is 20.4 Å². The topological polar surface area (TPSA) is 71.1 Å². The van der Waals surface area contributed by atoms with Crippen LogP contribution in [0, 0.1) is 13.8 Å². The number of nitrogens with zero attached hydrogens (tertiary/aromatic N) is 2. The Hall–Kier alpha value is -1.56. The van der Waals surface area contributed by atoms with Crippen molar-refractivity contribution in [2.24, 2.45) is 0 Å². The number of carboxylic acids is 1. The third kappa shape index (κ3) is 2.26. The van der Waals surface area contributed by atoms with Crippen molar-refractivity contribution in [3.63, 3.8) is 0 Å². The Morgan fingerprint density at radius 1 is 1.53 bits per heavy atom. The first kappa shape index (κ1) is 11.9. The summed E-state index contributed by atoms with van der Waals surface area (Å²) in [4.78, 5) is 10.6. The van der Waals surface area contributed by atoms with Crippen molar-refractivity contribution >= 4 is 21.9 Å². The molecule has 0 saturated heterocycles. The van der Waals surface area contributed by atoms with Crippen LogP contribution in [0.4, 0.5) is 0 Å². The fourth-order valence-corrected chi connectivity index (χ4v) is 1.83. The molecule has 0 spiro atoms. The average molecular weight is 298 g/mol. The van der Waals surface area contributed by atoms with Crippen LogP contribution in [0.2, 0.25) is 0 Å². The molecule has 0 amide bonds. The molecule has 17 heavy (non-hydrogen) atoms. The van der Waals surface area contributed by atoms with Gasteiger partial charge in [-0.25, -0.2) is 0 Å². The monoisotopic (exact) mass is 297 g/mol. The van der Waals surface area contributed by atoms with Gasteiger partial charge in [0.05, 0.1) is 22.4 Å². The zero-order chi connectivity index (χ0) is 12.6. The van der Waals surface area contributed by atoms with Crippen molar-refractivity contribution in [3.05, 3.63) is 39.5 Å². The highest BCUT2D eigenvalue weighted by Gasteiger charge is 2.10. The number of hydrogen-bond donors (Lipinski definition) is 0. The number of aromatic nitrogens is 2. The number of hydrogen-bond acceptors (Lipinski definition) is 4. The van der Waals surface area contributed by atoms with Gasteiger partial charge in [-0.3, -0.25) is 4.68 Å². The van der Waals surface area contributed by atoms with Gasteiger partial charge in [0, 0.05) is 0 Å². The second-order valence-electron chi connectivity index (χ2n) is 3.70. The number of carboxylic acid groups (broad SMARTS) is 1. The van der Waals surface area contributed by atoms with E-state index >= 15 is 0 Å². The molecule has 90 valence electrons. The maximum atomic E-state index is 10.6. The molecule has 0 aliphatic rings. The molecule has 0 N–H and O–H groups in total. The minimum Gasteiger partial charge on any atom is -0.542 e. The third-order valence-corrected chi connectivity index (χ3v) is 3.61. The van der Waals surface area contributed by atoms with Gasteiger partial charge in [-0.1, -0.05) is 0 Å². The third-order valence-electron chi connectivity index (χ3n) is 2.46. The van der Waals surface area contributed by atoms with E-state index in [1.54, 1.807) is 10.7 Å². The molecular weight excluding hydrogens is 288 g/mol. The van der Waals surface area contributed by atoms with Crippen LogP contribution < -0.4 is 5.11 Å². The van der Waals surface area contributed by atoms with Gasteiger partial charge >= 0.3 is 0 Å². The average Bonchev–Trinajstić information content (AvgIpc) is 2.82. The van der Waals surface area contributed by atoms with Gasteiger partial charge in [-0.2, -0.15) is 5.10 Å². The van der Waals surface area contributed by atoms with E-state index in [2.05, 4.69) is 21.0 Å². The van der Waals surface area contributed by atoms with Gasteiger partial charge in [-0.05, 0) is 41.9 Å². The predicted molar refractivity (Wildman–Crippen MR) is 61.5 cm³/mol. The van der Waals surface area contributed by atoms with Crippen molar-refractivity contribution in [1.29, 1.82) is 0 Å². The first-order valence-electron chi connectivity index (χ1n) is 4.98. The molecule has 2 rings (SSSR count). The maximum absolute atomic E-state index is 10.6. The minimum absolute atomic E-state index is 0.166. The van der Waals surface area contributed by atoms with E-state index in [9.17, 15) is 9.90 Å². The molecule has 0 aromatic carbocycles. The summed E-state index contributed by atoms with van der Waals surface area (Å²) in [7, 11) is 0. The lowest BCUT2D eigenvalue weighted by molar-refractivity contribution is -0.257. The molecule has 0 bridgehead atoms. The summed E-state index contributed by atoms with van der Waals surface area (Å²) in [5.74, 6) is -0.950. The van der Waals surface area contributed by atoms with E-state index in [1.807, 2.05) is 13.8 Å². The molecule has 2 heterocycles. The smallest absolute Gasteiger partial charge is 0.149 e. The Kier molecular flexibility index (Phi) is 3.06. The van der Waals surface area contributed by atoms with Crippen molar-refractivity contribution in [1.82, 2.24) is 9.78 Å². The number of halogens is 1. The zero-order valence-electron chi connectivity index (χ0n) is 9.36. The van der Waals surface area contributed by atoms with Crippen molar-refractivity contribution in [2.75, 3.05) is 0 Å². The summed E-state index contributed by atoms with van der Waals surface area (Å²) < 4.78 is 7.81. The second-order valence-corrected chi connectivity index (χ2v) is 4.49. The molecule has 0 unspecified atom stereocenters. The van der Waals surface area contributed by atoms with E-state index in [0.717, 1.165) is 15.9 Å². The lowest BCUT2D eigenvalue weighted by Crippen LogP contribution is -2.21. The second kappa shape index (κ2) is 4.37. The summed E-state index contributed by atoms with van der Waals surface area (Å²) in [6.45, 7) is 4.21. The fraction of sp³-hybridized carbons (Fsp3) is 0.273. The number of aryl methyl sites for hydroxylation is 1. The van der Waals surface area contributed by atoms with Crippen LogP contribution >= 0.6 is 15.9 Å². The predicted octanol–water partition coefficient (Wildman–Crippen LogP) is 1.27. The summed E-state index contributed by atoms with van der Waals surface area (Å²) >= 11 is 3.42. The Balaban J connectivity index is 2.25. The molecule has 6 heteroatoms. The summed E-state index contributed by atoms with van der Waals surface area (Å²) in [5.41, 5.74) is 1.85. The van der Waals surface area contributed by atoms with Crippen LogP contribution in [0.1, 0.15) is 27.7 Å². The quantitative estimate of drug-likeness (QED) is 0.855. The first-order chi connectivity index (χ1) is 7.99. The van der Waals surface area contributed by atoms with Gasteiger partial charge in [0.25, 0.3) is 0 Å². The molecule has 5 nitrogen and oxygen atoms in total. The number of carbonyl (C=O) groups is 1. The molecule has 0 saturated carbocycles. The normalized spacial score (nSPS) is 10.8. The van der Waals surface area contributed by atoms with Gasteiger partial charge < -0.3 is 14.3 Å². The highest BCUT2D eigenvalue weighted by molar-refractivity contribution is 9.10. The number of rotatable bonds is 3. The largest absolute Gasteiger partial charge is 0.542 e. The fourth-order valence-electron chi connectivity index (χ4n) is 1.55. The molecule has 2 aromatic rings. The maximum Gasteiger partial charge on any atom is 0.149 e. The molecule has 0 fully saturated rings. The number of aromatic carboxylic acids is 1. The van der Waals surface area contributed by atoms with E-state index in [-0.39, 0.29) is 5.76 Å². The van der Waals surface area contributed by atoms with Gasteiger partial charge in [0.2, 0.25) is 0 Å². The van der Waals surface area contributed by atoms with Crippen molar-refractivity contribution in [3.8, 4) is 0 Å². The van der Waals surface area contributed by atoms with Gasteiger partial charge in [0.15, 0.2) is 0 Å². The molecule has 0 radical (unpaired) electrons. The van der Waals surface area contributed by atoms with Gasteiger partial charge in [0.1, 0.15) is 17.5 Å². The Labute approximate surface area is 106 Å². The van der Waals surface area contributed by atoms with E-state index < -0.39 is 5.97 Å². The van der Waals surface area contributed by atoms with E-state index in [4.69, 9.17) is 4.42 Å². The lowest BCUT2D eigenvalue weighted by Gasteiger charge is -2.01. The summed E-state index contributed by atoms with van der Waals surface area (Å²) in [6, 6.07) is 2.99. The highest BCUT2D eigenvalue weighted by atomic mass is 79.9. The Bertz CT molecular complexity index is 571. The van der Waals surface area contributed by atoms with E-state index in [1.165, 1.54) is 6.07 Å². The van der Waals surface area contributed by atoms with Crippen LogP contribution in [0.15, 0.2) is 21.0 Å². The van der Waals surface area contributed by atoms with Crippen LogP contribution in [0.25, 0.3) is 0 Å². The van der Waals surface area contributed by atoms with Crippen molar-refractivity contribution < 1.29 is 14.3 Å². The zero-order valence-corrected chi connectivity index (χ0v) is 10.9. The standard InChI is InChI=1S/C11H11BrN2O3/c1-6-10(12)7(2)14(13-6)5-8-3-4-9(17-8)11(15)16/h3-4H,5H2,1-2H3,(H,15,16)/p-1. The molecule has 2 aromatic heterocycles. The van der Waals surface area contributed by atoms with Gasteiger partial charge in [-0.15, -0.1) is 0 Å². The summed E-state index contributed by atoms with van der Waals surface area (Å²) in [6.07, 6.45) is 0. The minimum atomic E-state index is -1.31. The first-order valence-corrected chi connectivity index (χ1v) is 5.78. The Morgan fingerprint density at radius 2 is 2.24 bits per heavy atom. The van der Waals surface area contributed by atoms with Crippen LogP contribution in [-0.2, 0) is 6.54 Å². The molecule has 0 atom stereocenters. The molecular formula is C11H10BrN2O3-. The SMILES string of the molecule is Cc1nn(Cc2ccc(C(=O)[O-])o2)c(C)c1Br. The van der Waals surface area contributed by atoms with Crippen LogP contribution in [0.5, 0.6) is 0 Å².